The van der Waals surface area contributed by atoms with Crippen molar-refractivity contribution >= 4 is 17.7 Å². The summed E-state index contributed by atoms with van der Waals surface area (Å²) in [6, 6.07) is -1.14. The summed E-state index contributed by atoms with van der Waals surface area (Å²) in [5, 5.41) is 12.3. The van der Waals surface area contributed by atoms with Gasteiger partial charge in [0.15, 0.2) is 5.78 Å². The number of carbonyl (C=O) groups is 3. The van der Waals surface area contributed by atoms with E-state index in [2.05, 4.69) is 95.0 Å². The average Bonchev–Trinajstić information content (AvgIpc) is 3.75. The zero-order chi connectivity index (χ0) is 47.8. The third-order valence-corrected chi connectivity index (χ3v) is 11.4. The maximum absolute atomic E-state index is 14.1. The zero-order valence-electron chi connectivity index (χ0n) is 42.6. The Morgan fingerprint density at radius 1 is 0.852 bits per heavy atom. The van der Waals surface area contributed by atoms with E-state index in [9.17, 15) is 14.4 Å². The van der Waals surface area contributed by atoms with Crippen LogP contribution in [0.1, 0.15) is 186 Å². The van der Waals surface area contributed by atoms with E-state index in [1.807, 2.05) is 54.7 Å². The zero-order valence-corrected chi connectivity index (χ0v) is 42.6. The molecule has 3 rings (SSSR count). The lowest BCUT2D eigenvalue weighted by atomic mass is 9.70. The summed E-state index contributed by atoms with van der Waals surface area (Å²) < 4.78 is 0. The fourth-order valence-corrected chi connectivity index (χ4v) is 7.88. The Labute approximate surface area is 379 Å². The maximum atomic E-state index is 14.1. The summed E-state index contributed by atoms with van der Waals surface area (Å²) in [6.07, 6.45) is 26.2. The van der Waals surface area contributed by atoms with Crippen LogP contribution in [-0.4, -0.2) is 67.4 Å². The van der Waals surface area contributed by atoms with Crippen LogP contribution in [0.15, 0.2) is 50.2 Å². The van der Waals surface area contributed by atoms with E-state index in [-0.39, 0.29) is 41.1 Å². The van der Waals surface area contributed by atoms with Crippen molar-refractivity contribution in [2.24, 2.45) is 29.1 Å². The summed E-state index contributed by atoms with van der Waals surface area (Å²) >= 11 is 0. The van der Waals surface area contributed by atoms with Crippen LogP contribution in [-0.2, 0) is 9.59 Å². The second-order valence-corrected chi connectivity index (χ2v) is 16.7. The fraction of sp³-hybridized carbons (Fsp3) is 0.755. The number of nitrogens with zero attached hydrogens (tertiary/aromatic N) is 1. The number of allylic oxidation sites excluding steroid dienone is 2. The molecule has 1 aliphatic heterocycles. The first-order valence-corrected chi connectivity index (χ1v) is 24.4. The molecule has 0 aromatic heterocycles. The predicted octanol–water partition coefficient (Wildman–Crippen LogP) is 12.8. The molecule has 1 heterocycles. The number of terminal acetylenes is 1. The molecule has 8 heteroatoms. The van der Waals surface area contributed by atoms with Crippen molar-refractivity contribution < 1.29 is 14.4 Å². The molecule has 8 nitrogen and oxygen atoms in total. The van der Waals surface area contributed by atoms with Gasteiger partial charge in [-0.1, -0.05) is 147 Å². The topological polar surface area (TPSA) is 103 Å². The van der Waals surface area contributed by atoms with Gasteiger partial charge in [-0.25, -0.2) is 4.79 Å². The van der Waals surface area contributed by atoms with Crippen molar-refractivity contribution in [1.82, 2.24) is 26.2 Å². The average molecular weight is 856 g/mol. The van der Waals surface area contributed by atoms with Gasteiger partial charge in [-0.15, -0.1) is 25.5 Å². The lowest BCUT2D eigenvalue weighted by Gasteiger charge is -2.43. The second kappa shape index (κ2) is 42.0. The molecule has 3 fully saturated rings. The Morgan fingerprint density at radius 2 is 1.39 bits per heavy atom. The highest BCUT2D eigenvalue weighted by molar-refractivity contribution is 5.93. The number of ketones is 1. The quantitative estimate of drug-likeness (QED) is 0.0663. The molecule has 3 aliphatic rings. The van der Waals surface area contributed by atoms with Crippen molar-refractivity contribution in [3.63, 3.8) is 0 Å². The minimum atomic E-state index is -0.614. The molecule has 61 heavy (non-hydrogen) atoms. The van der Waals surface area contributed by atoms with E-state index >= 15 is 0 Å². The molecule has 2 aliphatic carbocycles. The minimum Gasteiger partial charge on any atom is -0.382 e. The third-order valence-electron chi connectivity index (χ3n) is 11.4. The van der Waals surface area contributed by atoms with E-state index in [4.69, 9.17) is 6.42 Å². The van der Waals surface area contributed by atoms with E-state index in [0.29, 0.717) is 18.4 Å². The first-order chi connectivity index (χ1) is 29.2. The summed E-state index contributed by atoms with van der Waals surface area (Å²) in [4.78, 5) is 42.1. The minimum absolute atomic E-state index is 0.0540. The highest BCUT2D eigenvalue weighted by atomic mass is 16.2. The smallest absolute Gasteiger partial charge is 0.315 e. The monoisotopic (exact) mass is 856 g/mol. The van der Waals surface area contributed by atoms with E-state index in [0.717, 1.165) is 95.3 Å². The number of carbonyl (C=O) groups excluding carboxylic acids is 3. The van der Waals surface area contributed by atoms with Crippen LogP contribution < -0.4 is 21.3 Å². The van der Waals surface area contributed by atoms with Gasteiger partial charge in [0, 0.05) is 31.2 Å². The highest BCUT2D eigenvalue weighted by Crippen LogP contribution is 2.41. The summed E-state index contributed by atoms with van der Waals surface area (Å²) in [7, 11) is 1.93. The molecule has 4 N–H and O–H groups in total. The number of urea groups is 1. The van der Waals surface area contributed by atoms with Gasteiger partial charge in [0.25, 0.3) is 0 Å². The molecule has 0 radical (unpaired) electrons. The van der Waals surface area contributed by atoms with Crippen LogP contribution in [0.4, 0.5) is 4.79 Å². The van der Waals surface area contributed by atoms with Gasteiger partial charge in [-0.2, -0.15) is 0 Å². The maximum Gasteiger partial charge on any atom is 0.315 e. The molecular weight excluding hydrogens is 755 g/mol. The van der Waals surface area contributed by atoms with Gasteiger partial charge < -0.3 is 26.2 Å². The van der Waals surface area contributed by atoms with Gasteiger partial charge in [0.05, 0.1) is 6.04 Å². The predicted molar refractivity (Wildman–Crippen MR) is 270 cm³/mol. The summed E-state index contributed by atoms with van der Waals surface area (Å²) in [5.74, 6) is 4.33. The second-order valence-electron chi connectivity index (χ2n) is 16.7. The Morgan fingerprint density at radius 3 is 1.80 bits per heavy atom. The first kappa shape index (κ1) is 64.3. The molecule has 0 spiro atoms. The van der Waals surface area contributed by atoms with Gasteiger partial charge >= 0.3 is 6.03 Å². The Balaban J connectivity index is -0.000000532. The van der Waals surface area contributed by atoms with Gasteiger partial charge in [0.2, 0.25) is 5.91 Å². The highest BCUT2D eigenvalue weighted by Gasteiger charge is 2.48. The number of nitrogens with one attached hydrogen (secondary N) is 4. The molecule has 0 aromatic carbocycles. The molecule has 0 bridgehead atoms. The van der Waals surface area contributed by atoms with Gasteiger partial charge in [-0.3, -0.25) is 9.59 Å². The molecule has 3 amide bonds. The first-order valence-electron chi connectivity index (χ1n) is 24.4. The third kappa shape index (κ3) is 28.8. The summed E-state index contributed by atoms with van der Waals surface area (Å²) in [6.45, 7) is 43.4. The van der Waals surface area contributed by atoms with E-state index in [1.165, 1.54) is 25.7 Å². The fourth-order valence-electron chi connectivity index (χ4n) is 7.88. The number of Topliss-reactive ketones (excluding diaryl/α,β-unsaturated/α-hetero) is 1. The molecule has 4 atom stereocenters. The lowest BCUT2D eigenvalue weighted by Crippen LogP contribution is -2.61. The van der Waals surface area contributed by atoms with Crippen LogP contribution >= 0.6 is 0 Å². The molecule has 356 valence electrons. The van der Waals surface area contributed by atoms with Crippen LogP contribution in [0.25, 0.3) is 0 Å². The molecular formula is C53H101N5O3. The Kier molecular flexibility index (Phi) is 44.3. The van der Waals surface area contributed by atoms with Crippen LogP contribution in [0.5, 0.6) is 0 Å². The van der Waals surface area contributed by atoms with Crippen LogP contribution in [0, 0.1) is 41.4 Å². The van der Waals surface area contributed by atoms with Crippen LogP contribution in [0.2, 0.25) is 0 Å². The van der Waals surface area contributed by atoms with Crippen molar-refractivity contribution in [3.05, 3.63) is 50.2 Å². The van der Waals surface area contributed by atoms with Crippen molar-refractivity contribution in [2.45, 2.75) is 204 Å². The van der Waals surface area contributed by atoms with E-state index in [1.54, 1.807) is 24.0 Å². The lowest BCUT2D eigenvalue weighted by molar-refractivity contribution is -0.142. The number of hydrogen-bond acceptors (Lipinski definition) is 5. The van der Waals surface area contributed by atoms with Crippen molar-refractivity contribution in [1.29, 1.82) is 0 Å². The SMILES string of the molecule is C#CCCC(C)C.C=CCCC(NC(=O)NC(C(=O)N1CCC(C(C)C)C1C(C)=O)C1(C)CCCCC1)C1CCCCC1.C=CCNC(=C)C=C.CC.CC.CC.CCNC. The number of hydrogen-bond donors (Lipinski definition) is 4. The standard InChI is InChI=1S/C30H51N3O3.C7H11N.C7H12.C3H9N.3C2H6/c1-6-7-16-25(23-14-10-8-11-15-23)31-29(36)32-27(30(5)18-12-9-13-19-30)28(35)33-20-17-24(21(2)3)26(33)22(4)34;1-4-6-8-7(3)5-2;1-4-5-6-7(2)3;1-3-4-2;3*1-2/h6,21,23-27H,1,7-20H2,2-5H3,(H2,31,32,36);4-5,8H,1-3,6H2;1,7H,5-6H2,2-3H3;4H,3H2,1-2H3;3*1-2H3. The molecule has 4 unspecified atom stereocenters. The van der Waals surface area contributed by atoms with Crippen molar-refractivity contribution in [2.75, 3.05) is 26.7 Å². The van der Waals surface area contributed by atoms with Crippen LogP contribution in [0.3, 0.4) is 0 Å². The number of likely N-dealkylation sites (tertiary alicyclic amines) is 1. The largest absolute Gasteiger partial charge is 0.382 e. The van der Waals surface area contributed by atoms with Gasteiger partial charge in [-0.05, 0) is 107 Å². The molecule has 2 saturated carbocycles. The van der Waals surface area contributed by atoms with E-state index < -0.39 is 6.04 Å². The molecule has 0 aromatic rings. The Hall–Kier alpha value is -3.31. The van der Waals surface area contributed by atoms with Crippen molar-refractivity contribution in [3.8, 4) is 12.3 Å². The summed E-state index contributed by atoms with van der Waals surface area (Å²) in [5.41, 5.74) is 0.538. The van der Waals surface area contributed by atoms with Gasteiger partial charge in [0.1, 0.15) is 6.04 Å². The number of amides is 3. The normalized spacial score (nSPS) is 18.3. The number of rotatable bonds is 17. The Bertz CT molecular complexity index is 1170. The molecule has 1 saturated heterocycles.